The highest BCUT2D eigenvalue weighted by molar-refractivity contribution is 5.89. The maximum Gasteiger partial charge on any atom is 0.339 e. The molecule has 0 aromatic carbocycles. The van der Waals surface area contributed by atoms with Gasteiger partial charge in [0.2, 0.25) is 5.95 Å². The van der Waals surface area contributed by atoms with Crippen LogP contribution in [0, 0.1) is 0 Å². The summed E-state index contributed by atoms with van der Waals surface area (Å²) in [6.45, 7) is 5.52. The molecule has 2 unspecified atom stereocenters. The third-order valence-electron chi connectivity index (χ3n) is 3.70. The largest absolute Gasteiger partial charge is 0.478 e. The third kappa shape index (κ3) is 2.60. The number of morpholine rings is 1. The van der Waals surface area contributed by atoms with Gasteiger partial charge in [-0.2, -0.15) is 0 Å². The van der Waals surface area contributed by atoms with Gasteiger partial charge in [-0.25, -0.2) is 14.8 Å². The monoisotopic (exact) mass is 277 g/mol. The van der Waals surface area contributed by atoms with E-state index in [9.17, 15) is 9.90 Å². The van der Waals surface area contributed by atoms with Crippen LogP contribution in [0.2, 0.25) is 0 Å². The Morgan fingerprint density at radius 2 is 2.00 bits per heavy atom. The fourth-order valence-electron chi connectivity index (χ4n) is 2.71. The van der Waals surface area contributed by atoms with Crippen LogP contribution in [0.5, 0.6) is 0 Å². The van der Waals surface area contributed by atoms with Gasteiger partial charge in [-0.15, -0.1) is 0 Å². The standard InChI is InChI=1S/C14H19N3O3/c1-8-6-17(7-9(2)20-8)14-15-5-11(13(18)19)12(16-14)10-3-4-10/h5,8-10H,3-4,6-7H2,1-2H3,(H,18,19). The summed E-state index contributed by atoms with van der Waals surface area (Å²) in [7, 11) is 0. The zero-order chi connectivity index (χ0) is 14.3. The lowest BCUT2D eigenvalue weighted by Crippen LogP contribution is -2.46. The first-order chi connectivity index (χ1) is 9.54. The Kier molecular flexibility index (Phi) is 3.33. The molecule has 3 rings (SSSR count). The van der Waals surface area contributed by atoms with Crippen molar-refractivity contribution >= 4 is 11.9 Å². The van der Waals surface area contributed by atoms with Gasteiger partial charge in [0, 0.05) is 25.2 Å². The topological polar surface area (TPSA) is 75.6 Å². The van der Waals surface area contributed by atoms with Crippen LogP contribution in [0.25, 0.3) is 0 Å². The third-order valence-corrected chi connectivity index (χ3v) is 3.70. The van der Waals surface area contributed by atoms with Crippen LogP contribution in [-0.4, -0.2) is 46.3 Å². The fourth-order valence-corrected chi connectivity index (χ4v) is 2.71. The van der Waals surface area contributed by atoms with Gasteiger partial charge in [-0.05, 0) is 26.7 Å². The molecule has 1 N–H and O–H groups in total. The molecule has 108 valence electrons. The number of carboxylic acids is 1. The van der Waals surface area contributed by atoms with Crippen LogP contribution in [-0.2, 0) is 4.74 Å². The highest BCUT2D eigenvalue weighted by Gasteiger charge is 2.32. The first kappa shape index (κ1) is 13.3. The minimum atomic E-state index is -0.942. The van der Waals surface area contributed by atoms with Crippen LogP contribution >= 0.6 is 0 Å². The average Bonchev–Trinajstić information content (AvgIpc) is 3.21. The smallest absolute Gasteiger partial charge is 0.339 e. The number of ether oxygens (including phenoxy) is 1. The normalized spacial score (nSPS) is 26.6. The number of rotatable bonds is 3. The molecule has 0 amide bonds. The summed E-state index contributed by atoms with van der Waals surface area (Å²) in [4.78, 5) is 22.1. The summed E-state index contributed by atoms with van der Waals surface area (Å²) < 4.78 is 5.70. The maximum absolute atomic E-state index is 11.2. The second kappa shape index (κ2) is 5.01. The second-order valence-corrected chi connectivity index (χ2v) is 5.71. The van der Waals surface area contributed by atoms with E-state index < -0.39 is 5.97 Å². The second-order valence-electron chi connectivity index (χ2n) is 5.71. The van der Waals surface area contributed by atoms with E-state index in [1.54, 1.807) is 0 Å². The van der Waals surface area contributed by atoms with E-state index in [1.807, 2.05) is 13.8 Å². The van der Waals surface area contributed by atoms with Crippen LogP contribution in [0.4, 0.5) is 5.95 Å². The highest BCUT2D eigenvalue weighted by atomic mass is 16.5. The van der Waals surface area contributed by atoms with E-state index in [0.717, 1.165) is 25.9 Å². The molecule has 2 aliphatic rings. The van der Waals surface area contributed by atoms with Crippen LogP contribution in [0.1, 0.15) is 48.7 Å². The summed E-state index contributed by atoms with van der Waals surface area (Å²) in [6, 6.07) is 0. The first-order valence-electron chi connectivity index (χ1n) is 7.05. The molecule has 1 aromatic heterocycles. The molecule has 20 heavy (non-hydrogen) atoms. The molecule has 6 heteroatoms. The van der Waals surface area contributed by atoms with Gasteiger partial charge in [0.15, 0.2) is 0 Å². The quantitative estimate of drug-likeness (QED) is 0.905. The summed E-state index contributed by atoms with van der Waals surface area (Å²) in [6.07, 6.45) is 3.75. The Labute approximate surface area is 117 Å². The lowest BCUT2D eigenvalue weighted by molar-refractivity contribution is -0.00574. The average molecular weight is 277 g/mol. The minimum Gasteiger partial charge on any atom is -0.478 e. The Morgan fingerprint density at radius 3 is 2.55 bits per heavy atom. The highest BCUT2D eigenvalue weighted by Crippen LogP contribution is 2.41. The van der Waals surface area contributed by atoms with Gasteiger partial charge in [0.25, 0.3) is 0 Å². The predicted molar refractivity (Wildman–Crippen MR) is 73.2 cm³/mol. The number of hydrogen-bond acceptors (Lipinski definition) is 5. The Morgan fingerprint density at radius 1 is 1.35 bits per heavy atom. The van der Waals surface area contributed by atoms with Crippen molar-refractivity contribution < 1.29 is 14.6 Å². The van der Waals surface area contributed by atoms with Gasteiger partial charge in [-0.3, -0.25) is 0 Å². The summed E-state index contributed by atoms with van der Waals surface area (Å²) >= 11 is 0. The van der Waals surface area contributed by atoms with Crippen LogP contribution in [0.15, 0.2) is 6.20 Å². The molecule has 1 aromatic rings. The van der Waals surface area contributed by atoms with E-state index in [2.05, 4.69) is 14.9 Å². The van der Waals surface area contributed by atoms with Gasteiger partial charge in [0.1, 0.15) is 0 Å². The molecule has 1 aliphatic carbocycles. The Bertz CT molecular complexity index is 520. The van der Waals surface area contributed by atoms with E-state index in [1.165, 1.54) is 6.20 Å². The molecule has 1 saturated heterocycles. The first-order valence-corrected chi connectivity index (χ1v) is 7.05. The van der Waals surface area contributed by atoms with Crippen molar-refractivity contribution in [2.24, 2.45) is 0 Å². The number of carboxylic acid groups (broad SMARTS) is 1. The number of anilines is 1. The molecular weight excluding hydrogens is 258 g/mol. The fraction of sp³-hybridized carbons (Fsp3) is 0.643. The summed E-state index contributed by atoms with van der Waals surface area (Å²) in [5.41, 5.74) is 0.930. The van der Waals surface area contributed by atoms with Crippen molar-refractivity contribution in [3.8, 4) is 0 Å². The molecular formula is C14H19N3O3. The number of carbonyl (C=O) groups is 1. The summed E-state index contributed by atoms with van der Waals surface area (Å²) in [5, 5.41) is 9.21. The van der Waals surface area contributed by atoms with Crippen molar-refractivity contribution in [1.29, 1.82) is 0 Å². The van der Waals surface area contributed by atoms with Crippen LogP contribution < -0.4 is 4.90 Å². The van der Waals surface area contributed by atoms with E-state index in [0.29, 0.717) is 17.6 Å². The molecule has 0 spiro atoms. The van der Waals surface area contributed by atoms with Crippen molar-refractivity contribution in [2.75, 3.05) is 18.0 Å². The number of aromatic carboxylic acids is 1. The van der Waals surface area contributed by atoms with Crippen molar-refractivity contribution in [3.05, 3.63) is 17.5 Å². The van der Waals surface area contributed by atoms with E-state index in [-0.39, 0.29) is 17.8 Å². The molecule has 6 nitrogen and oxygen atoms in total. The molecule has 0 radical (unpaired) electrons. The van der Waals surface area contributed by atoms with Crippen LogP contribution in [0.3, 0.4) is 0 Å². The number of aromatic nitrogens is 2. The Balaban J connectivity index is 1.90. The van der Waals surface area contributed by atoms with Crippen molar-refractivity contribution in [1.82, 2.24) is 9.97 Å². The Hall–Kier alpha value is -1.69. The molecule has 1 saturated carbocycles. The number of hydrogen-bond donors (Lipinski definition) is 1. The van der Waals surface area contributed by atoms with E-state index >= 15 is 0 Å². The van der Waals surface area contributed by atoms with Crippen molar-refractivity contribution in [2.45, 2.75) is 44.8 Å². The lowest BCUT2D eigenvalue weighted by atomic mass is 10.1. The van der Waals surface area contributed by atoms with Gasteiger partial charge >= 0.3 is 5.97 Å². The number of nitrogens with zero attached hydrogens (tertiary/aromatic N) is 3. The van der Waals surface area contributed by atoms with Gasteiger partial charge in [0.05, 0.1) is 23.5 Å². The predicted octanol–water partition coefficient (Wildman–Crippen LogP) is 1.67. The molecule has 0 bridgehead atoms. The molecule has 2 heterocycles. The molecule has 1 aliphatic heterocycles. The van der Waals surface area contributed by atoms with E-state index in [4.69, 9.17) is 4.74 Å². The van der Waals surface area contributed by atoms with Gasteiger partial charge < -0.3 is 14.7 Å². The lowest BCUT2D eigenvalue weighted by Gasteiger charge is -2.35. The summed E-state index contributed by atoms with van der Waals surface area (Å²) in [5.74, 6) is -0.0280. The zero-order valence-electron chi connectivity index (χ0n) is 11.7. The SMILES string of the molecule is CC1CN(c2ncc(C(=O)O)c(C3CC3)n2)CC(C)O1. The maximum atomic E-state index is 11.2. The molecule has 2 fully saturated rings. The van der Waals surface area contributed by atoms with Gasteiger partial charge in [-0.1, -0.05) is 0 Å². The zero-order valence-corrected chi connectivity index (χ0v) is 11.7. The molecule has 2 atom stereocenters. The van der Waals surface area contributed by atoms with Crippen molar-refractivity contribution in [3.63, 3.8) is 0 Å². The minimum absolute atomic E-state index is 0.130.